The van der Waals surface area contributed by atoms with Gasteiger partial charge in [0.25, 0.3) is 0 Å². The Morgan fingerprint density at radius 1 is 1.00 bits per heavy atom. The summed E-state index contributed by atoms with van der Waals surface area (Å²) in [7, 11) is 0. The first kappa shape index (κ1) is 17.8. The number of carbonyl (C=O) groups is 3. The lowest BCUT2D eigenvalue weighted by molar-refractivity contribution is -0.104. The van der Waals surface area contributed by atoms with Crippen LogP contribution in [0.5, 0.6) is 0 Å². The van der Waals surface area contributed by atoms with E-state index in [1.54, 1.807) is 38.1 Å². The molecule has 0 saturated heterocycles. The van der Waals surface area contributed by atoms with E-state index in [1.165, 1.54) is 0 Å². The van der Waals surface area contributed by atoms with E-state index < -0.39 is 0 Å². The van der Waals surface area contributed by atoms with Gasteiger partial charge in [0.05, 0.1) is 0 Å². The molecule has 0 unspecified atom stereocenters. The summed E-state index contributed by atoms with van der Waals surface area (Å²) in [5.74, 6) is -0.112. The van der Waals surface area contributed by atoms with E-state index in [0.717, 1.165) is 30.3 Å². The molecule has 0 saturated carbocycles. The van der Waals surface area contributed by atoms with Crippen molar-refractivity contribution in [1.29, 1.82) is 0 Å². The topological polar surface area (TPSA) is 51.2 Å². The van der Waals surface area contributed by atoms with Gasteiger partial charge in [0, 0.05) is 22.3 Å². The first-order chi connectivity index (χ1) is 11.5. The van der Waals surface area contributed by atoms with Crippen molar-refractivity contribution in [3.05, 3.63) is 69.8 Å². The highest BCUT2D eigenvalue weighted by molar-refractivity contribution is 6.26. The highest BCUT2D eigenvalue weighted by Crippen LogP contribution is 2.28. The minimum atomic E-state index is -0.0594. The molecule has 24 heavy (non-hydrogen) atoms. The number of carbonyl (C=O) groups excluding carboxylic acids is 3. The molecule has 1 aliphatic rings. The molecular formula is C21H22O3. The Morgan fingerprint density at radius 3 is 2.25 bits per heavy atom. The van der Waals surface area contributed by atoms with E-state index in [9.17, 15) is 14.4 Å². The number of fused-ring (bicyclic) bond motifs is 1. The van der Waals surface area contributed by atoms with Gasteiger partial charge >= 0.3 is 0 Å². The minimum absolute atomic E-state index is 0.0524. The van der Waals surface area contributed by atoms with Gasteiger partial charge < -0.3 is 0 Å². The van der Waals surface area contributed by atoms with Crippen molar-refractivity contribution in [3.8, 4) is 0 Å². The predicted octanol–water partition coefficient (Wildman–Crippen LogP) is 4.64. The fourth-order valence-corrected chi connectivity index (χ4v) is 2.75. The molecule has 0 N–H and O–H groups in total. The largest absolute Gasteiger partial charge is 0.298 e. The van der Waals surface area contributed by atoms with Gasteiger partial charge in [0.1, 0.15) is 6.29 Å². The van der Waals surface area contributed by atoms with Crippen molar-refractivity contribution in [2.75, 3.05) is 0 Å². The zero-order valence-corrected chi connectivity index (χ0v) is 14.4. The molecule has 3 heteroatoms. The highest BCUT2D eigenvalue weighted by atomic mass is 16.1. The van der Waals surface area contributed by atoms with Crippen LogP contribution in [0.2, 0.25) is 0 Å². The zero-order chi connectivity index (χ0) is 17.7. The second-order valence-electron chi connectivity index (χ2n) is 6.17. The van der Waals surface area contributed by atoms with Crippen LogP contribution in [0, 0.1) is 0 Å². The van der Waals surface area contributed by atoms with Crippen LogP contribution < -0.4 is 0 Å². The molecule has 0 atom stereocenters. The van der Waals surface area contributed by atoms with Crippen LogP contribution in [0.1, 0.15) is 60.7 Å². The molecule has 1 aromatic rings. The van der Waals surface area contributed by atoms with E-state index in [2.05, 4.69) is 0 Å². The maximum Gasteiger partial charge on any atom is 0.190 e. The number of Topliss-reactive ketones (excluding diaryl/α,β-unsaturated/α-hetero) is 2. The number of hydrogen-bond donors (Lipinski definition) is 0. The number of hydrogen-bond acceptors (Lipinski definition) is 3. The quantitative estimate of drug-likeness (QED) is 0.435. The smallest absolute Gasteiger partial charge is 0.190 e. The van der Waals surface area contributed by atoms with Crippen LogP contribution >= 0.6 is 0 Å². The molecule has 0 bridgehead atoms. The number of rotatable bonds is 6. The van der Waals surface area contributed by atoms with Crippen molar-refractivity contribution in [2.24, 2.45) is 0 Å². The molecule has 1 aliphatic carbocycles. The lowest BCUT2D eigenvalue weighted by Gasteiger charge is -2.18. The predicted molar refractivity (Wildman–Crippen MR) is 95.2 cm³/mol. The molecule has 0 heterocycles. The van der Waals surface area contributed by atoms with Gasteiger partial charge in [-0.3, -0.25) is 14.4 Å². The Hall–Kier alpha value is -2.55. The van der Waals surface area contributed by atoms with E-state index in [-0.39, 0.29) is 11.6 Å². The van der Waals surface area contributed by atoms with E-state index >= 15 is 0 Å². The van der Waals surface area contributed by atoms with E-state index in [0.29, 0.717) is 28.7 Å². The van der Waals surface area contributed by atoms with Gasteiger partial charge in [0.2, 0.25) is 0 Å². The number of allylic oxidation sites excluding steroid dienone is 6. The van der Waals surface area contributed by atoms with Gasteiger partial charge in [0.15, 0.2) is 11.6 Å². The number of ketones is 2. The fraction of sp³-hybridized carbons (Fsp3) is 0.286. The molecule has 0 amide bonds. The summed E-state index contributed by atoms with van der Waals surface area (Å²) in [6, 6.07) is 6.98. The van der Waals surface area contributed by atoms with Crippen molar-refractivity contribution < 1.29 is 14.4 Å². The van der Waals surface area contributed by atoms with Crippen molar-refractivity contribution in [2.45, 2.75) is 40.0 Å². The molecule has 3 nitrogen and oxygen atoms in total. The molecule has 124 valence electrons. The maximum atomic E-state index is 12.6. The summed E-state index contributed by atoms with van der Waals surface area (Å²) >= 11 is 0. The van der Waals surface area contributed by atoms with Crippen LogP contribution in [-0.4, -0.2) is 17.9 Å². The van der Waals surface area contributed by atoms with Crippen LogP contribution in [0.3, 0.4) is 0 Å². The van der Waals surface area contributed by atoms with Crippen molar-refractivity contribution >= 4 is 17.9 Å². The third-order valence-corrected chi connectivity index (χ3v) is 4.33. The standard InChI is InChI=1S/C21H22O3/c1-14(7-6-8-15(2)13-22)11-12-17-16(3)20(23)18-9-4-5-10-19(18)21(17)24/h4-5,8-11,13H,6-7,12H2,1-3H3/b14-11+,15-8+. The fourth-order valence-electron chi connectivity index (χ4n) is 2.75. The Labute approximate surface area is 142 Å². The number of aldehydes is 1. The first-order valence-electron chi connectivity index (χ1n) is 8.11. The lowest BCUT2D eigenvalue weighted by atomic mass is 9.83. The van der Waals surface area contributed by atoms with Crippen molar-refractivity contribution in [1.82, 2.24) is 0 Å². The third-order valence-electron chi connectivity index (χ3n) is 4.33. The van der Waals surface area contributed by atoms with Crippen LogP contribution in [0.4, 0.5) is 0 Å². The number of benzene rings is 1. The molecule has 0 aromatic heterocycles. The SMILES string of the molecule is CC1=C(C/C=C(\C)CC/C=C(\C)C=O)C(=O)c2ccccc2C1=O. The average molecular weight is 322 g/mol. The van der Waals surface area contributed by atoms with Crippen LogP contribution in [-0.2, 0) is 4.79 Å². The van der Waals surface area contributed by atoms with E-state index in [4.69, 9.17) is 0 Å². The van der Waals surface area contributed by atoms with Crippen LogP contribution in [0.25, 0.3) is 0 Å². The monoisotopic (exact) mass is 322 g/mol. The summed E-state index contributed by atoms with van der Waals surface area (Å²) in [5.41, 5.74) is 3.99. The highest BCUT2D eigenvalue weighted by Gasteiger charge is 2.28. The van der Waals surface area contributed by atoms with Gasteiger partial charge in [-0.1, -0.05) is 42.0 Å². The van der Waals surface area contributed by atoms with E-state index in [1.807, 2.05) is 19.1 Å². The van der Waals surface area contributed by atoms with Crippen LogP contribution in [0.15, 0.2) is 58.7 Å². The normalized spacial score (nSPS) is 15.6. The molecule has 0 radical (unpaired) electrons. The Balaban J connectivity index is 2.13. The van der Waals surface area contributed by atoms with Gasteiger partial charge in [-0.15, -0.1) is 0 Å². The summed E-state index contributed by atoms with van der Waals surface area (Å²) in [5, 5.41) is 0. The first-order valence-corrected chi connectivity index (χ1v) is 8.11. The molecular weight excluding hydrogens is 300 g/mol. The Morgan fingerprint density at radius 2 is 1.62 bits per heavy atom. The Kier molecular flexibility index (Phi) is 5.80. The average Bonchev–Trinajstić information content (AvgIpc) is 2.59. The second-order valence-corrected chi connectivity index (χ2v) is 6.17. The maximum absolute atomic E-state index is 12.6. The zero-order valence-electron chi connectivity index (χ0n) is 14.4. The molecule has 0 spiro atoms. The molecule has 0 fully saturated rings. The summed E-state index contributed by atoms with van der Waals surface area (Å²) in [6.07, 6.45) is 6.84. The van der Waals surface area contributed by atoms with Gasteiger partial charge in [-0.2, -0.15) is 0 Å². The Bertz CT molecular complexity index is 776. The minimum Gasteiger partial charge on any atom is -0.298 e. The molecule has 0 aliphatic heterocycles. The summed E-state index contributed by atoms with van der Waals surface area (Å²) in [6.45, 7) is 5.51. The van der Waals surface area contributed by atoms with Crippen molar-refractivity contribution in [3.63, 3.8) is 0 Å². The lowest BCUT2D eigenvalue weighted by Crippen LogP contribution is -2.20. The molecule has 2 rings (SSSR count). The van der Waals surface area contributed by atoms with Gasteiger partial charge in [-0.05, 0) is 45.6 Å². The van der Waals surface area contributed by atoms with Gasteiger partial charge in [-0.25, -0.2) is 0 Å². The summed E-state index contributed by atoms with van der Waals surface area (Å²) in [4.78, 5) is 35.6. The second kappa shape index (κ2) is 7.82. The summed E-state index contributed by atoms with van der Waals surface area (Å²) < 4.78 is 0. The molecule has 1 aromatic carbocycles. The third kappa shape index (κ3) is 3.85.